The summed E-state index contributed by atoms with van der Waals surface area (Å²) in [6.45, 7) is 0. The lowest BCUT2D eigenvalue weighted by atomic mass is 10.2. The van der Waals surface area contributed by atoms with Gasteiger partial charge in [0.1, 0.15) is 6.07 Å². The zero-order valence-electron chi connectivity index (χ0n) is 10.7. The highest BCUT2D eigenvalue weighted by atomic mass is 35.5. The minimum Gasteiger partial charge on any atom is -0.347 e. The van der Waals surface area contributed by atoms with Gasteiger partial charge in [-0.2, -0.15) is 20.2 Å². The van der Waals surface area contributed by atoms with E-state index in [9.17, 15) is 0 Å². The van der Waals surface area contributed by atoms with Crippen molar-refractivity contribution in [1.82, 2.24) is 15.0 Å². The molecule has 1 heterocycles. The first-order valence-electron chi connectivity index (χ1n) is 5.55. The second-order valence-corrected chi connectivity index (χ2v) is 4.82. The summed E-state index contributed by atoms with van der Waals surface area (Å²) in [6.07, 6.45) is 0. The third-order valence-electron chi connectivity index (χ3n) is 2.34. The number of anilines is 3. The highest BCUT2D eigenvalue weighted by Gasteiger charge is 2.09. The van der Waals surface area contributed by atoms with Crippen LogP contribution in [0.3, 0.4) is 0 Å². The summed E-state index contributed by atoms with van der Waals surface area (Å²) in [5.74, 6) is 0.653. The van der Waals surface area contributed by atoms with E-state index in [0.717, 1.165) is 0 Å². The van der Waals surface area contributed by atoms with E-state index in [2.05, 4.69) is 26.3 Å². The Hall–Kier alpha value is -2.10. The van der Waals surface area contributed by atoms with Gasteiger partial charge in [-0.15, -0.1) is 0 Å². The molecule has 1 aromatic heterocycles. The van der Waals surface area contributed by atoms with E-state index in [1.54, 1.807) is 37.2 Å². The van der Waals surface area contributed by atoms with Crippen LogP contribution in [0.2, 0.25) is 10.3 Å². The van der Waals surface area contributed by atoms with Gasteiger partial charge in [-0.3, -0.25) is 0 Å². The Kier molecular flexibility index (Phi) is 4.23. The average molecular weight is 309 g/mol. The van der Waals surface area contributed by atoms with Crippen LogP contribution in [-0.4, -0.2) is 29.0 Å². The number of nitrogens with zero attached hydrogens (tertiary/aromatic N) is 5. The number of hydrogen-bond acceptors (Lipinski definition) is 6. The molecule has 0 saturated carbocycles. The van der Waals surface area contributed by atoms with E-state index in [1.807, 2.05) is 0 Å². The van der Waals surface area contributed by atoms with Crippen molar-refractivity contribution in [2.45, 2.75) is 0 Å². The van der Waals surface area contributed by atoms with Crippen molar-refractivity contribution in [2.24, 2.45) is 0 Å². The average Bonchev–Trinajstić information content (AvgIpc) is 2.38. The molecule has 1 N–H and O–H groups in total. The van der Waals surface area contributed by atoms with Crippen LogP contribution in [0.15, 0.2) is 18.2 Å². The van der Waals surface area contributed by atoms with Crippen LogP contribution in [0.4, 0.5) is 17.6 Å². The molecule has 0 bridgehead atoms. The van der Waals surface area contributed by atoms with Crippen LogP contribution in [0.25, 0.3) is 0 Å². The lowest BCUT2D eigenvalue weighted by Crippen LogP contribution is -2.14. The number of rotatable bonds is 3. The molecule has 0 aliphatic rings. The van der Waals surface area contributed by atoms with E-state index in [-0.39, 0.29) is 11.2 Å². The first-order chi connectivity index (χ1) is 9.49. The molecule has 6 nitrogen and oxygen atoms in total. The van der Waals surface area contributed by atoms with Crippen LogP contribution in [-0.2, 0) is 0 Å². The SMILES string of the molecule is CN(C)c1nc(Cl)nc(Nc2cc(Cl)ccc2C#N)n1. The van der Waals surface area contributed by atoms with Gasteiger partial charge < -0.3 is 10.2 Å². The summed E-state index contributed by atoms with van der Waals surface area (Å²) in [6, 6.07) is 6.92. The molecule has 0 amide bonds. The van der Waals surface area contributed by atoms with Crippen molar-refractivity contribution in [3.63, 3.8) is 0 Å². The smallest absolute Gasteiger partial charge is 0.233 e. The summed E-state index contributed by atoms with van der Waals surface area (Å²) in [5.41, 5.74) is 0.935. The lowest BCUT2D eigenvalue weighted by Gasteiger charge is -2.12. The first-order valence-corrected chi connectivity index (χ1v) is 6.31. The Morgan fingerprint density at radius 3 is 2.60 bits per heavy atom. The molecule has 8 heteroatoms. The summed E-state index contributed by atoms with van der Waals surface area (Å²) in [5, 5.41) is 12.5. The quantitative estimate of drug-likeness (QED) is 0.939. The van der Waals surface area contributed by atoms with Crippen molar-refractivity contribution in [1.29, 1.82) is 5.26 Å². The third kappa shape index (κ3) is 3.26. The Bertz CT molecular complexity index is 680. The van der Waals surface area contributed by atoms with Crippen LogP contribution >= 0.6 is 23.2 Å². The summed E-state index contributed by atoms with van der Waals surface area (Å²) >= 11 is 11.8. The number of nitrogens with one attached hydrogen (secondary N) is 1. The Balaban J connectivity index is 2.40. The zero-order valence-corrected chi connectivity index (χ0v) is 12.2. The molecule has 0 radical (unpaired) electrons. The lowest BCUT2D eigenvalue weighted by molar-refractivity contribution is 0.961. The van der Waals surface area contributed by atoms with Crippen LogP contribution in [0.5, 0.6) is 0 Å². The zero-order chi connectivity index (χ0) is 14.7. The summed E-state index contributed by atoms with van der Waals surface area (Å²) in [4.78, 5) is 13.8. The van der Waals surface area contributed by atoms with Crippen LogP contribution in [0.1, 0.15) is 5.56 Å². The molecule has 1 aromatic carbocycles. The Morgan fingerprint density at radius 1 is 1.20 bits per heavy atom. The molecule has 102 valence electrons. The molecular weight excluding hydrogens is 299 g/mol. The first kappa shape index (κ1) is 14.3. The van der Waals surface area contributed by atoms with Crippen molar-refractivity contribution in [3.05, 3.63) is 34.1 Å². The van der Waals surface area contributed by atoms with Crippen molar-refractivity contribution >= 4 is 40.8 Å². The molecule has 0 atom stereocenters. The standard InChI is InChI=1S/C12H10Cl2N6/c1-20(2)12-18-10(14)17-11(19-12)16-9-5-8(13)4-3-7(9)6-15/h3-5H,1-2H3,(H,16,17,18,19). The van der Waals surface area contributed by atoms with Gasteiger partial charge in [0.25, 0.3) is 0 Å². The predicted octanol–water partition coefficient (Wildman–Crippen LogP) is 2.86. The van der Waals surface area contributed by atoms with Crippen LogP contribution < -0.4 is 10.2 Å². The molecule has 0 spiro atoms. The van der Waals surface area contributed by atoms with E-state index >= 15 is 0 Å². The van der Waals surface area contributed by atoms with Crippen molar-refractivity contribution in [3.8, 4) is 6.07 Å². The van der Waals surface area contributed by atoms with Gasteiger partial charge in [-0.25, -0.2) is 0 Å². The van der Waals surface area contributed by atoms with Gasteiger partial charge in [0.05, 0.1) is 11.3 Å². The largest absolute Gasteiger partial charge is 0.347 e. The minimum absolute atomic E-state index is 0.0618. The van der Waals surface area contributed by atoms with E-state index in [4.69, 9.17) is 28.5 Å². The second kappa shape index (κ2) is 5.90. The van der Waals surface area contributed by atoms with Crippen LogP contribution in [0, 0.1) is 11.3 Å². The Morgan fingerprint density at radius 2 is 1.95 bits per heavy atom. The fourth-order valence-electron chi connectivity index (χ4n) is 1.43. The summed E-state index contributed by atoms with van der Waals surface area (Å²) < 4.78 is 0. The number of benzene rings is 1. The number of halogens is 2. The highest BCUT2D eigenvalue weighted by molar-refractivity contribution is 6.31. The monoisotopic (exact) mass is 308 g/mol. The minimum atomic E-state index is 0.0618. The third-order valence-corrected chi connectivity index (χ3v) is 2.75. The van der Waals surface area contributed by atoms with Gasteiger partial charge in [0.2, 0.25) is 17.2 Å². The molecule has 0 aliphatic carbocycles. The van der Waals surface area contributed by atoms with E-state index in [1.165, 1.54) is 0 Å². The fraction of sp³-hybridized carbons (Fsp3) is 0.167. The summed E-state index contributed by atoms with van der Waals surface area (Å²) in [7, 11) is 3.57. The predicted molar refractivity (Wildman–Crippen MR) is 78.6 cm³/mol. The molecule has 20 heavy (non-hydrogen) atoms. The molecule has 0 unspecified atom stereocenters. The fourth-order valence-corrected chi connectivity index (χ4v) is 1.76. The Labute approximate surface area is 126 Å². The number of hydrogen-bond donors (Lipinski definition) is 1. The number of nitriles is 1. The molecule has 0 fully saturated rings. The normalized spacial score (nSPS) is 9.95. The van der Waals surface area contributed by atoms with Gasteiger partial charge in [-0.1, -0.05) is 11.6 Å². The topological polar surface area (TPSA) is 77.7 Å². The molecule has 2 rings (SSSR count). The van der Waals surface area contributed by atoms with Crippen molar-refractivity contribution < 1.29 is 0 Å². The van der Waals surface area contributed by atoms with Gasteiger partial charge in [-0.05, 0) is 29.8 Å². The van der Waals surface area contributed by atoms with Gasteiger partial charge in [0, 0.05) is 19.1 Å². The molecular formula is C12H10Cl2N6. The molecule has 0 saturated heterocycles. The molecule has 0 aliphatic heterocycles. The molecule has 2 aromatic rings. The number of aromatic nitrogens is 3. The van der Waals surface area contributed by atoms with Gasteiger partial charge in [0.15, 0.2) is 0 Å². The second-order valence-electron chi connectivity index (χ2n) is 4.05. The van der Waals surface area contributed by atoms with E-state index in [0.29, 0.717) is 22.2 Å². The maximum absolute atomic E-state index is 9.06. The highest BCUT2D eigenvalue weighted by Crippen LogP contribution is 2.23. The van der Waals surface area contributed by atoms with E-state index < -0.39 is 0 Å². The van der Waals surface area contributed by atoms with Crippen molar-refractivity contribution in [2.75, 3.05) is 24.3 Å². The maximum atomic E-state index is 9.06. The maximum Gasteiger partial charge on any atom is 0.233 e. The van der Waals surface area contributed by atoms with Gasteiger partial charge >= 0.3 is 0 Å².